The summed E-state index contributed by atoms with van der Waals surface area (Å²) in [5, 5.41) is 0. The number of imide groups is 1. The van der Waals surface area contributed by atoms with Gasteiger partial charge in [-0.3, -0.25) is 24.2 Å². The van der Waals surface area contributed by atoms with Crippen LogP contribution in [0.2, 0.25) is 0 Å². The Morgan fingerprint density at radius 2 is 1.75 bits per heavy atom. The minimum atomic E-state index is -1.14. The Balaban J connectivity index is 1.63. The van der Waals surface area contributed by atoms with Crippen LogP contribution >= 0.6 is 0 Å². The molecular formula is C28H32N2O6. The highest BCUT2D eigenvalue weighted by molar-refractivity contribution is 6.09. The molecule has 2 aromatic rings. The topological polar surface area (TPSA) is 85.4 Å². The lowest BCUT2D eigenvalue weighted by Gasteiger charge is -2.44. The van der Waals surface area contributed by atoms with Crippen LogP contribution in [0, 0.1) is 11.8 Å². The number of nitrogens with zero attached hydrogens (tertiary/aromatic N) is 2. The number of methoxy groups -OCH3 is 3. The molecule has 0 aromatic heterocycles. The molecule has 0 radical (unpaired) electrons. The molecule has 0 spiro atoms. The molecule has 0 bridgehead atoms. The van der Waals surface area contributed by atoms with Crippen molar-refractivity contribution in [3.05, 3.63) is 48.0 Å². The number of fused-ring (bicyclic) bond motifs is 3. The number of hydrogen-bond acceptors (Lipinski definition) is 7. The first kappa shape index (κ1) is 24.3. The zero-order valence-electron chi connectivity index (χ0n) is 21.2. The van der Waals surface area contributed by atoms with E-state index in [1.165, 1.54) is 12.0 Å². The standard InChI is InChI=1S/C28H32N2O6/c1-5-29-25(31)22-23(26(29)32)28(27(33)36-4)14-6-7-15-30(28)24(22)18-10-13-20(21(16-18)35-3)17-8-11-19(34-2)12-9-17/h8-13,16,22-24H,5-7,14-15H2,1-4H3/t22?,23?,24?,28-/m0/s1. The number of hydrogen-bond donors (Lipinski definition) is 0. The summed E-state index contributed by atoms with van der Waals surface area (Å²) < 4.78 is 16.3. The highest BCUT2D eigenvalue weighted by atomic mass is 16.5. The molecule has 36 heavy (non-hydrogen) atoms. The first-order valence-electron chi connectivity index (χ1n) is 12.5. The van der Waals surface area contributed by atoms with Crippen molar-refractivity contribution in [3.63, 3.8) is 0 Å². The van der Waals surface area contributed by atoms with Crippen LogP contribution in [0.5, 0.6) is 11.5 Å². The highest BCUT2D eigenvalue weighted by Crippen LogP contribution is 2.58. The van der Waals surface area contributed by atoms with Gasteiger partial charge in [0.1, 0.15) is 17.0 Å². The van der Waals surface area contributed by atoms with E-state index < -0.39 is 29.4 Å². The van der Waals surface area contributed by atoms with Crippen molar-refractivity contribution < 1.29 is 28.6 Å². The van der Waals surface area contributed by atoms with Crippen LogP contribution in [0.15, 0.2) is 42.5 Å². The number of piperidine rings is 1. The van der Waals surface area contributed by atoms with E-state index in [-0.39, 0.29) is 18.4 Å². The predicted octanol–water partition coefficient (Wildman–Crippen LogP) is 3.44. The zero-order valence-corrected chi connectivity index (χ0v) is 21.2. The molecule has 2 aromatic carbocycles. The molecule has 0 saturated carbocycles. The van der Waals surface area contributed by atoms with Crippen LogP contribution in [0.3, 0.4) is 0 Å². The third-order valence-electron chi connectivity index (χ3n) is 8.18. The number of rotatable bonds is 6. The molecule has 0 aliphatic carbocycles. The van der Waals surface area contributed by atoms with Gasteiger partial charge in [-0.15, -0.1) is 0 Å². The molecular weight excluding hydrogens is 460 g/mol. The van der Waals surface area contributed by atoms with E-state index in [0.29, 0.717) is 18.7 Å². The Bertz CT molecular complexity index is 1200. The largest absolute Gasteiger partial charge is 0.497 e. The van der Waals surface area contributed by atoms with E-state index in [1.54, 1.807) is 21.1 Å². The zero-order chi connectivity index (χ0) is 25.6. The molecule has 3 fully saturated rings. The highest BCUT2D eigenvalue weighted by Gasteiger charge is 2.72. The summed E-state index contributed by atoms with van der Waals surface area (Å²) in [6.07, 6.45) is 2.18. The van der Waals surface area contributed by atoms with Crippen LogP contribution in [-0.4, -0.2) is 67.5 Å². The fourth-order valence-electron chi connectivity index (χ4n) is 6.63. The molecule has 190 valence electrons. The van der Waals surface area contributed by atoms with Crippen molar-refractivity contribution in [2.24, 2.45) is 11.8 Å². The quantitative estimate of drug-likeness (QED) is 0.451. The second-order valence-electron chi connectivity index (χ2n) is 9.62. The number of likely N-dealkylation sites (tertiary alicyclic amines) is 1. The van der Waals surface area contributed by atoms with E-state index in [2.05, 4.69) is 4.90 Å². The summed E-state index contributed by atoms with van der Waals surface area (Å²) in [7, 11) is 4.60. The van der Waals surface area contributed by atoms with Crippen LogP contribution in [-0.2, 0) is 19.1 Å². The van der Waals surface area contributed by atoms with Gasteiger partial charge in [0.2, 0.25) is 11.8 Å². The van der Waals surface area contributed by atoms with Crippen LogP contribution < -0.4 is 9.47 Å². The average molecular weight is 493 g/mol. The van der Waals surface area contributed by atoms with Gasteiger partial charge in [0.15, 0.2) is 0 Å². The van der Waals surface area contributed by atoms with Gasteiger partial charge in [0.25, 0.3) is 0 Å². The molecule has 0 N–H and O–H groups in total. The molecule has 5 rings (SSSR count). The number of carbonyl (C=O) groups is 3. The molecule has 3 aliphatic rings. The average Bonchev–Trinajstić information content (AvgIpc) is 3.37. The Kier molecular flexibility index (Phi) is 6.24. The van der Waals surface area contributed by atoms with E-state index in [9.17, 15) is 14.4 Å². The normalized spacial score (nSPS) is 27.6. The lowest BCUT2D eigenvalue weighted by molar-refractivity contribution is -0.164. The van der Waals surface area contributed by atoms with Crippen molar-refractivity contribution in [2.45, 2.75) is 37.8 Å². The summed E-state index contributed by atoms with van der Waals surface area (Å²) in [6.45, 7) is 2.69. The van der Waals surface area contributed by atoms with E-state index in [1.807, 2.05) is 42.5 Å². The van der Waals surface area contributed by atoms with Crippen molar-refractivity contribution in [2.75, 3.05) is 34.4 Å². The van der Waals surface area contributed by atoms with E-state index in [0.717, 1.165) is 35.3 Å². The number of esters is 1. The minimum Gasteiger partial charge on any atom is -0.497 e. The molecule has 8 heteroatoms. The molecule has 3 aliphatic heterocycles. The first-order valence-corrected chi connectivity index (χ1v) is 12.5. The second kappa shape index (κ2) is 9.24. The smallest absolute Gasteiger partial charge is 0.327 e. The summed E-state index contributed by atoms with van der Waals surface area (Å²) in [5.74, 6) is -0.893. The number of amides is 2. The lowest BCUT2D eigenvalue weighted by atomic mass is 9.75. The molecule has 2 amide bonds. The Hall–Kier alpha value is -3.39. The van der Waals surface area contributed by atoms with Gasteiger partial charge in [-0.1, -0.05) is 24.3 Å². The third-order valence-corrected chi connectivity index (χ3v) is 8.18. The van der Waals surface area contributed by atoms with Gasteiger partial charge in [0.05, 0.1) is 33.2 Å². The number of ether oxygens (including phenoxy) is 3. The van der Waals surface area contributed by atoms with Crippen molar-refractivity contribution in [1.82, 2.24) is 9.80 Å². The Labute approximate surface area is 211 Å². The molecule has 3 heterocycles. The maximum absolute atomic E-state index is 13.6. The van der Waals surface area contributed by atoms with Crippen LogP contribution in [0.25, 0.3) is 11.1 Å². The van der Waals surface area contributed by atoms with Gasteiger partial charge in [0, 0.05) is 18.2 Å². The number of carbonyl (C=O) groups excluding carboxylic acids is 3. The van der Waals surface area contributed by atoms with Gasteiger partial charge in [-0.2, -0.15) is 0 Å². The SMILES string of the molecule is CCN1C(=O)C2C(c3ccc(-c4ccc(OC)cc4)c(OC)c3)N3CCCC[C@@]3(C(=O)OC)C2C1=O. The monoisotopic (exact) mass is 492 g/mol. The van der Waals surface area contributed by atoms with Crippen molar-refractivity contribution >= 4 is 17.8 Å². The first-order chi connectivity index (χ1) is 17.4. The van der Waals surface area contributed by atoms with Crippen LogP contribution in [0.4, 0.5) is 0 Å². The van der Waals surface area contributed by atoms with Gasteiger partial charge >= 0.3 is 5.97 Å². The van der Waals surface area contributed by atoms with E-state index in [4.69, 9.17) is 14.2 Å². The van der Waals surface area contributed by atoms with Gasteiger partial charge in [-0.05, 0) is 62.1 Å². The molecule has 4 atom stereocenters. The second-order valence-corrected chi connectivity index (χ2v) is 9.62. The minimum absolute atomic E-state index is 0.214. The van der Waals surface area contributed by atoms with Gasteiger partial charge < -0.3 is 14.2 Å². The third kappa shape index (κ3) is 3.34. The molecule has 3 saturated heterocycles. The van der Waals surface area contributed by atoms with E-state index >= 15 is 0 Å². The lowest BCUT2D eigenvalue weighted by Crippen LogP contribution is -2.59. The van der Waals surface area contributed by atoms with Gasteiger partial charge in [-0.25, -0.2) is 0 Å². The number of benzene rings is 2. The molecule has 3 unspecified atom stereocenters. The maximum Gasteiger partial charge on any atom is 0.327 e. The fourth-order valence-corrected chi connectivity index (χ4v) is 6.63. The predicted molar refractivity (Wildman–Crippen MR) is 132 cm³/mol. The summed E-state index contributed by atoms with van der Waals surface area (Å²) in [6, 6.07) is 13.2. The summed E-state index contributed by atoms with van der Waals surface area (Å²) in [5.41, 5.74) is 1.59. The van der Waals surface area contributed by atoms with Crippen LogP contribution in [0.1, 0.15) is 37.8 Å². The summed E-state index contributed by atoms with van der Waals surface area (Å²) >= 11 is 0. The van der Waals surface area contributed by atoms with Crippen molar-refractivity contribution in [1.29, 1.82) is 0 Å². The van der Waals surface area contributed by atoms with Crippen molar-refractivity contribution in [3.8, 4) is 22.6 Å². The summed E-state index contributed by atoms with van der Waals surface area (Å²) in [4.78, 5) is 43.9. The Morgan fingerprint density at radius 1 is 1.00 bits per heavy atom. The Morgan fingerprint density at radius 3 is 2.39 bits per heavy atom. The molecule has 8 nitrogen and oxygen atoms in total. The maximum atomic E-state index is 13.6. The fraction of sp³-hybridized carbons (Fsp3) is 0.464.